The van der Waals surface area contributed by atoms with Gasteiger partial charge in [0, 0.05) is 18.4 Å². The Bertz CT molecular complexity index is 422. The molecule has 1 aliphatic rings. The molecule has 1 unspecified atom stereocenters. The van der Waals surface area contributed by atoms with Crippen LogP contribution >= 0.6 is 0 Å². The van der Waals surface area contributed by atoms with E-state index >= 15 is 0 Å². The van der Waals surface area contributed by atoms with Gasteiger partial charge in [0.25, 0.3) is 11.6 Å². The van der Waals surface area contributed by atoms with Crippen LogP contribution in [0.1, 0.15) is 18.5 Å². The van der Waals surface area contributed by atoms with E-state index in [1.807, 2.05) is 0 Å². The van der Waals surface area contributed by atoms with Gasteiger partial charge in [0.15, 0.2) is 0 Å². The van der Waals surface area contributed by atoms with Crippen LogP contribution in [0.4, 0.5) is 0 Å². The molecule has 1 aliphatic heterocycles. The molecule has 1 aromatic heterocycles. The van der Waals surface area contributed by atoms with Crippen molar-refractivity contribution in [2.24, 2.45) is 0 Å². The van der Waals surface area contributed by atoms with Crippen molar-refractivity contribution in [3.05, 3.63) is 22.1 Å². The Morgan fingerprint density at radius 2 is 2.50 bits per heavy atom. The van der Waals surface area contributed by atoms with E-state index in [0.29, 0.717) is 18.2 Å². The summed E-state index contributed by atoms with van der Waals surface area (Å²) in [6.45, 7) is 3.08. The molecule has 5 heteroatoms. The summed E-state index contributed by atoms with van der Waals surface area (Å²) < 4.78 is 12.1. The molecule has 0 aliphatic carbocycles. The summed E-state index contributed by atoms with van der Waals surface area (Å²) in [7, 11) is 1.52. The predicted octanol–water partition coefficient (Wildman–Crippen LogP) is 0.739. The minimum Gasteiger partial charge on any atom is -0.468 e. The molecule has 1 atom stereocenters. The van der Waals surface area contributed by atoms with Gasteiger partial charge in [-0.05, 0) is 19.8 Å². The molecule has 0 spiro atoms. The monoisotopic (exact) mass is 224 g/mol. The largest absolute Gasteiger partial charge is 0.468 e. The van der Waals surface area contributed by atoms with Crippen molar-refractivity contribution in [2.45, 2.75) is 32.4 Å². The molecular formula is C11H16N2O3. The smallest absolute Gasteiger partial charge is 0.299 e. The lowest BCUT2D eigenvalue weighted by atomic mass is 10.2. The number of hydrogen-bond acceptors (Lipinski definition) is 4. The fraction of sp³-hybridized carbons (Fsp3) is 0.636. The average molecular weight is 224 g/mol. The van der Waals surface area contributed by atoms with Crippen LogP contribution in [0.2, 0.25) is 0 Å². The molecule has 0 aromatic carbocycles. The van der Waals surface area contributed by atoms with Crippen LogP contribution in [-0.4, -0.2) is 29.4 Å². The highest BCUT2D eigenvalue weighted by Gasteiger charge is 2.18. The maximum Gasteiger partial charge on any atom is 0.299 e. The second-order valence-electron chi connectivity index (χ2n) is 3.97. The summed E-state index contributed by atoms with van der Waals surface area (Å²) in [6, 6.07) is 1.87. The summed E-state index contributed by atoms with van der Waals surface area (Å²) in [5.74, 6) is 0. The Hall–Kier alpha value is -1.36. The molecule has 5 nitrogen and oxygen atoms in total. The number of methoxy groups -OCH3 is 1. The molecule has 2 heterocycles. The molecule has 88 valence electrons. The predicted molar refractivity (Wildman–Crippen MR) is 58.8 cm³/mol. The van der Waals surface area contributed by atoms with E-state index in [-0.39, 0.29) is 11.7 Å². The average Bonchev–Trinajstić information content (AvgIpc) is 2.74. The van der Waals surface area contributed by atoms with Crippen molar-refractivity contribution in [1.82, 2.24) is 9.55 Å². The van der Waals surface area contributed by atoms with Crippen LogP contribution in [-0.2, 0) is 11.3 Å². The lowest BCUT2D eigenvalue weighted by Gasteiger charge is -2.14. The van der Waals surface area contributed by atoms with Gasteiger partial charge in [-0.3, -0.25) is 9.36 Å². The number of hydrogen-bond donors (Lipinski definition) is 0. The lowest BCUT2D eigenvalue weighted by molar-refractivity contribution is 0.0931. The Morgan fingerprint density at radius 1 is 1.69 bits per heavy atom. The van der Waals surface area contributed by atoms with Gasteiger partial charge in [0.1, 0.15) is 0 Å². The topological polar surface area (TPSA) is 53.3 Å². The van der Waals surface area contributed by atoms with Gasteiger partial charge in [-0.25, -0.2) is 4.98 Å². The van der Waals surface area contributed by atoms with E-state index < -0.39 is 0 Å². The molecule has 1 fully saturated rings. The maximum absolute atomic E-state index is 11.8. The highest BCUT2D eigenvalue weighted by molar-refractivity contribution is 5.06. The van der Waals surface area contributed by atoms with Gasteiger partial charge in [-0.1, -0.05) is 0 Å². The first-order chi connectivity index (χ1) is 7.70. The zero-order valence-corrected chi connectivity index (χ0v) is 9.60. The van der Waals surface area contributed by atoms with Crippen molar-refractivity contribution in [3.8, 4) is 6.01 Å². The van der Waals surface area contributed by atoms with Gasteiger partial charge in [-0.15, -0.1) is 0 Å². The fourth-order valence-corrected chi connectivity index (χ4v) is 1.91. The Morgan fingerprint density at radius 3 is 3.12 bits per heavy atom. The molecule has 0 N–H and O–H groups in total. The zero-order valence-electron chi connectivity index (χ0n) is 9.60. The van der Waals surface area contributed by atoms with Gasteiger partial charge < -0.3 is 9.47 Å². The Labute approximate surface area is 94.0 Å². The molecular weight excluding hydrogens is 208 g/mol. The van der Waals surface area contributed by atoms with Gasteiger partial charge >= 0.3 is 0 Å². The standard InChI is InChI=1S/C11H16N2O3/c1-8-6-10(14)13(11(12-8)15-2)7-9-4-3-5-16-9/h6,9H,3-5,7H2,1-2H3. The SMILES string of the molecule is COc1nc(C)cc(=O)n1CC1CCCO1. The summed E-state index contributed by atoms with van der Waals surface area (Å²) in [5.41, 5.74) is 0.588. The third kappa shape index (κ3) is 2.24. The van der Waals surface area contributed by atoms with Crippen LogP contribution in [0, 0.1) is 6.92 Å². The quantitative estimate of drug-likeness (QED) is 0.760. The number of aromatic nitrogens is 2. The molecule has 0 saturated carbocycles. The molecule has 1 saturated heterocycles. The maximum atomic E-state index is 11.8. The first-order valence-electron chi connectivity index (χ1n) is 5.45. The van der Waals surface area contributed by atoms with Gasteiger partial charge in [0.05, 0.1) is 19.8 Å². The van der Waals surface area contributed by atoms with Crippen LogP contribution in [0.5, 0.6) is 6.01 Å². The first kappa shape index (κ1) is 11.1. The van der Waals surface area contributed by atoms with Crippen molar-refractivity contribution in [3.63, 3.8) is 0 Å². The third-order valence-electron chi connectivity index (χ3n) is 2.69. The molecule has 0 bridgehead atoms. The number of ether oxygens (including phenoxy) is 2. The van der Waals surface area contributed by atoms with Gasteiger partial charge in [0.2, 0.25) is 0 Å². The minimum atomic E-state index is -0.0835. The number of aryl methyl sites for hydroxylation is 1. The summed E-state index contributed by atoms with van der Waals surface area (Å²) in [6.07, 6.45) is 2.15. The van der Waals surface area contributed by atoms with E-state index in [1.54, 1.807) is 6.92 Å². The summed E-state index contributed by atoms with van der Waals surface area (Å²) in [4.78, 5) is 16.0. The number of rotatable bonds is 3. The lowest BCUT2D eigenvalue weighted by Crippen LogP contribution is -2.28. The van der Waals surface area contributed by atoms with Crippen molar-refractivity contribution < 1.29 is 9.47 Å². The summed E-state index contributed by atoms with van der Waals surface area (Å²) >= 11 is 0. The normalized spacial score (nSPS) is 20.0. The minimum absolute atomic E-state index is 0.0835. The second-order valence-corrected chi connectivity index (χ2v) is 3.97. The van der Waals surface area contributed by atoms with Crippen LogP contribution in [0.3, 0.4) is 0 Å². The zero-order chi connectivity index (χ0) is 11.5. The highest BCUT2D eigenvalue weighted by atomic mass is 16.5. The second kappa shape index (κ2) is 4.65. The third-order valence-corrected chi connectivity index (χ3v) is 2.69. The highest BCUT2D eigenvalue weighted by Crippen LogP contribution is 2.15. The van der Waals surface area contributed by atoms with Crippen molar-refractivity contribution >= 4 is 0 Å². The molecule has 2 rings (SSSR count). The van der Waals surface area contributed by atoms with Crippen LogP contribution in [0.15, 0.2) is 10.9 Å². The van der Waals surface area contributed by atoms with E-state index in [0.717, 1.165) is 19.4 Å². The van der Waals surface area contributed by atoms with Crippen LogP contribution in [0.25, 0.3) is 0 Å². The summed E-state index contributed by atoms with van der Waals surface area (Å²) in [5, 5.41) is 0. The van der Waals surface area contributed by atoms with E-state index in [4.69, 9.17) is 9.47 Å². The number of nitrogens with zero attached hydrogens (tertiary/aromatic N) is 2. The molecule has 1 aromatic rings. The van der Waals surface area contributed by atoms with E-state index in [1.165, 1.54) is 17.7 Å². The van der Waals surface area contributed by atoms with Crippen LogP contribution < -0.4 is 10.3 Å². The van der Waals surface area contributed by atoms with E-state index in [9.17, 15) is 4.79 Å². The Kier molecular flexibility index (Phi) is 3.24. The van der Waals surface area contributed by atoms with Crippen molar-refractivity contribution in [1.29, 1.82) is 0 Å². The van der Waals surface area contributed by atoms with Crippen molar-refractivity contribution in [2.75, 3.05) is 13.7 Å². The van der Waals surface area contributed by atoms with E-state index in [2.05, 4.69) is 4.98 Å². The Balaban J connectivity index is 2.27. The van der Waals surface area contributed by atoms with Gasteiger partial charge in [-0.2, -0.15) is 0 Å². The first-order valence-corrected chi connectivity index (χ1v) is 5.45. The molecule has 16 heavy (non-hydrogen) atoms. The fourth-order valence-electron chi connectivity index (χ4n) is 1.91. The molecule has 0 radical (unpaired) electrons. The molecule has 0 amide bonds.